The Bertz CT molecular complexity index is 814. The normalized spacial score (nSPS) is 19.2. The predicted molar refractivity (Wildman–Crippen MR) is 99.2 cm³/mol. The molecule has 0 aromatic carbocycles. The van der Waals surface area contributed by atoms with Gasteiger partial charge in [-0.2, -0.15) is 0 Å². The third-order valence-corrected chi connectivity index (χ3v) is 5.72. The number of fused-ring (bicyclic) bond motifs is 1. The summed E-state index contributed by atoms with van der Waals surface area (Å²) in [6.45, 7) is 3.73. The smallest absolute Gasteiger partial charge is 0.290 e. The first-order chi connectivity index (χ1) is 12.6. The summed E-state index contributed by atoms with van der Waals surface area (Å²) in [4.78, 5) is 32.1. The maximum absolute atomic E-state index is 13.0. The van der Waals surface area contributed by atoms with Gasteiger partial charge in [0.15, 0.2) is 5.69 Å². The molecule has 0 radical (unpaired) electrons. The SMILES string of the molecule is CC1CCN(C(=O)c2nc(C(=O)NC3CCCC3)c3ccccn23)CC1. The molecule has 1 saturated heterocycles. The van der Waals surface area contributed by atoms with Crippen LogP contribution in [0.4, 0.5) is 0 Å². The van der Waals surface area contributed by atoms with Gasteiger partial charge in [0.25, 0.3) is 11.8 Å². The molecule has 4 rings (SSSR count). The van der Waals surface area contributed by atoms with E-state index in [1.165, 1.54) is 0 Å². The number of hydrogen-bond donors (Lipinski definition) is 1. The van der Waals surface area contributed by atoms with E-state index in [0.29, 0.717) is 23.0 Å². The van der Waals surface area contributed by atoms with Crippen LogP contribution in [0.1, 0.15) is 66.6 Å². The van der Waals surface area contributed by atoms with Crippen LogP contribution in [0.15, 0.2) is 24.4 Å². The van der Waals surface area contributed by atoms with Crippen molar-refractivity contribution in [2.75, 3.05) is 13.1 Å². The van der Waals surface area contributed by atoms with E-state index in [2.05, 4.69) is 17.2 Å². The van der Waals surface area contributed by atoms with Crippen molar-refractivity contribution in [3.05, 3.63) is 35.9 Å². The first-order valence-electron chi connectivity index (χ1n) is 9.70. The number of aromatic nitrogens is 2. The van der Waals surface area contributed by atoms with Crippen molar-refractivity contribution in [1.82, 2.24) is 19.6 Å². The Morgan fingerprint density at radius 3 is 2.58 bits per heavy atom. The second-order valence-corrected chi connectivity index (χ2v) is 7.67. The number of rotatable bonds is 3. The Hall–Kier alpha value is -2.37. The molecule has 2 aromatic rings. The first-order valence-corrected chi connectivity index (χ1v) is 9.70. The number of carbonyl (C=O) groups is 2. The number of nitrogens with zero attached hydrogens (tertiary/aromatic N) is 3. The fourth-order valence-electron chi connectivity index (χ4n) is 4.03. The number of pyridine rings is 1. The van der Waals surface area contributed by atoms with Gasteiger partial charge < -0.3 is 10.2 Å². The van der Waals surface area contributed by atoms with Crippen LogP contribution in [-0.2, 0) is 0 Å². The zero-order valence-corrected chi connectivity index (χ0v) is 15.3. The molecule has 0 unspecified atom stereocenters. The Balaban J connectivity index is 1.63. The van der Waals surface area contributed by atoms with Gasteiger partial charge >= 0.3 is 0 Å². The van der Waals surface area contributed by atoms with Gasteiger partial charge in [-0.25, -0.2) is 4.98 Å². The minimum absolute atomic E-state index is 0.0852. The topological polar surface area (TPSA) is 66.7 Å². The summed E-state index contributed by atoms with van der Waals surface area (Å²) in [5.41, 5.74) is 1.04. The van der Waals surface area contributed by atoms with Crippen LogP contribution >= 0.6 is 0 Å². The Morgan fingerprint density at radius 2 is 1.85 bits per heavy atom. The molecular weight excluding hydrogens is 328 g/mol. The van der Waals surface area contributed by atoms with Gasteiger partial charge in [0.1, 0.15) is 0 Å². The third-order valence-electron chi connectivity index (χ3n) is 5.72. The van der Waals surface area contributed by atoms with Gasteiger partial charge in [-0.3, -0.25) is 14.0 Å². The van der Waals surface area contributed by atoms with Crippen molar-refractivity contribution in [3.63, 3.8) is 0 Å². The number of nitrogens with one attached hydrogen (secondary N) is 1. The van der Waals surface area contributed by atoms with Gasteiger partial charge in [-0.1, -0.05) is 25.8 Å². The molecule has 3 heterocycles. The standard InChI is InChI=1S/C20H26N4O2/c1-14-9-12-23(13-10-14)20(26)18-22-17(16-8-4-5-11-24(16)18)19(25)21-15-6-2-3-7-15/h4-5,8,11,14-15H,2-3,6-7,9-10,12-13H2,1H3,(H,21,25). The molecule has 0 atom stereocenters. The molecule has 1 N–H and O–H groups in total. The summed E-state index contributed by atoms with van der Waals surface area (Å²) in [5.74, 6) is 0.737. The molecular formula is C20H26N4O2. The molecule has 138 valence electrons. The second-order valence-electron chi connectivity index (χ2n) is 7.67. The minimum Gasteiger partial charge on any atom is -0.348 e. The molecule has 1 aliphatic heterocycles. The van der Waals surface area contributed by atoms with Crippen LogP contribution in [0.3, 0.4) is 0 Å². The van der Waals surface area contributed by atoms with E-state index in [1.807, 2.05) is 29.3 Å². The monoisotopic (exact) mass is 354 g/mol. The van der Waals surface area contributed by atoms with E-state index >= 15 is 0 Å². The summed E-state index contributed by atoms with van der Waals surface area (Å²) in [6, 6.07) is 5.82. The molecule has 2 amide bonds. The van der Waals surface area contributed by atoms with Crippen LogP contribution in [0, 0.1) is 5.92 Å². The van der Waals surface area contributed by atoms with Gasteiger partial charge in [-0.05, 0) is 43.7 Å². The lowest BCUT2D eigenvalue weighted by molar-refractivity contribution is 0.0684. The number of imidazole rings is 1. The Kier molecular flexibility index (Phi) is 4.66. The summed E-state index contributed by atoms with van der Waals surface area (Å²) < 4.78 is 1.75. The lowest BCUT2D eigenvalue weighted by atomic mass is 9.99. The van der Waals surface area contributed by atoms with E-state index in [1.54, 1.807) is 4.40 Å². The van der Waals surface area contributed by atoms with E-state index in [4.69, 9.17) is 0 Å². The lowest BCUT2D eigenvalue weighted by Crippen LogP contribution is -2.38. The maximum Gasteiger partial charge on any atom is 0.290 e. The summed E-state index contributed by atoms with van der Waals surface area (Å²) in [5, 5.41) is 3.09. The Morgan fingerprint density at radius 1 is 1.12 bits per heavy atom. The van der Waals surface area contributed by atoms with Crippen molar-refractivity contribution in [2.45, 2.75) is 51.5 Å². The number of hydrogen-bond acceptors (Lipinski definition) is 3. The van der Waals surface area contributed by atoms with E-state index in [9.17, 15) is 9.59 Å². The third kappa shape index (κ3) is 3.20. The highest BCUT2D eigenvalue weighted by Gasteiger charge is 2.28. The van der Waals surface area contributed by atoms with Crippen molar-refractivity contribution >= 4 is 17.3 Å². The van der Waals surface area contributed by atoms with E-state index < -0.39 is 0 Å². The van der Waals surface area contributed by atoms with Crippen molar-refractivity contribution < 1.29 is 9.59 Å². The molecule has 6 nitrogen and oxygen atoms in total. The van der Waals surface area contributed by atoms with Gasteiger partial charge in [0.05, 0.1) is 5.52 Å². The molecule has 0 bridgehead atoms. The molecule has 2 aliphatic rings. The molecule has 6 heteroatoms. The van der Waals surface area contributed by atoms with Crippen LogP contribution < -0.4 is 5.32 Å². The van der Waals surface area contributed by atoms with Gasteiger partial charge in [0, 0.05) is 25.3 Å². The van der Waals surface area contributed by atoms with Crippen LogP contribution in [0.2, 0.25) is 0 Å². The highest BCUT2D eigenvalue weighted by atomic mass is 16.2. The Labute approximate surface area is 153 Å². The highest BCUT2D eigenvalue weighted by Crippen LogP contribution is 2.21. The zero-order valence-electron chi connectivity index (χ0n) is 15.3. The molecule has 1 aliphatic carbocycles. The summed E-state index contributed by atoms with van der Waals surface area (Å²) in [6.07, 6.45) is 8.21. The number of amides is 2. The van der Waals surface area contributed by atoms with Crippen molar-refractivity contribution in [2.24, 2.45) is 5.92 Å². The van der Waals surface area contributed by atoms with E-state index in [0.717, 1.165) is 51.6 Å². The second kappa shape index (κ2) is 7.09. The molecule has 26 heavy (non-hydrogen) atoms. The highest BCUT2D eigenvalue weighted by molar-refractivity contribution is 6.02. The lowest BCUT2D eigenvalue weighted by Gasteiger charge is -2.29. The number of likely N-dealkylation sites (tertiary alicyclic amines) is 1. The van der Waals surface area contributed by atoms with E-state index in [-0.39, 0.29) is 17.9 Å². The summed E-state index contributed by atoms with van der Waals surface area (Å²) >= 11 is 0. The quantitative estimate of drug-likeness (QED) is 0.922. The van der Waals surface area contributed by atoms with Gasteiger partial charge in [0.2, 0.25) is 5.82 Å². The average molecular weight is 354 g/mol. The zero-order chi connectivity index (χ0) is 18.1. The van der Waals surface area contributed by atoms with Crippen molar-refractivity contribution in [1.29, 1.82) is 0 Å². The fourth-order valence-corrected chi connectivity index (χ4v) is 4.03. The maximum atomic E-state index is 13.0. The average Bonchev–Trinajstić information content (AvgIpc) is 3.29. The van der Waals surface area contributed by atoms with Gasteiger partial charge in [-0.15, -0.1) is 0 Å². The van der Waals surface area contributed by atoms with Crippen LogP contribution in [-0.4, -0.2) is 45.2 Å². The fraction of sp³-hybridized carbons (Fsp3) is 0.550. The molecule has 2 fully saturated rings. The molecule has 1 saturated carbocycles. The first kappa shape index (κ1) is 17.1. The van der Waals surface area contributed by atoms with Crippen molar-refractivity contribution in [3.8, 4) is 0 Å². The minimum atomic E-state index is -0.174. The predicted octanol–water partition coefficient (Wildman–Crippen LogP) is 2.88. The largest absolute Gasteiger partial charge is 0.348 e. The number of carbonyl (C=O) groups excluding carboxylic acids is 2. The number of piperidine rings is 1. The molecule has 0 spiro atoms. The van der Waals surface area contributed by atoms with Crippen LogP contribution in [0.5, 0.6) is 0 Å². The van der Waals surface area contributed by atoms with Crippen LogP contribution in [0.25, 0.3) is 5.52 Å². The summed E-state index contributed by atoms with van der Waals surface area (Å²) in [7, 11) is 0. The molecule has 2 aromatic heterocycles.